The quantitative estimate of drug-likeness (QED) is 0.599. The third kappa shape index (κ3) is 4.13. The predicted molar refractivity (Wildman–Crippen MR) is 90.6 cm³/mol. The third-order valence-corrected chi connectivity index (χ3v) is 3.48. The van der Waals surface area contributed by atoms with Crippen molar-refractivity contribution in [3.63, 3.8) is 0 Å². The molecule has 2 rings (SSSR count). The van der Waals surface area contributed by atoms with Crippen LogP contribution in [0.1, 0.15) is 21.5 Å². The van der Waals surface area contributed by atoms with Crippen molar-refractivity contribution in [2.24, 2.45) is 0 Å². The van der Waals surface area contributed by atoms with Gasteiger partial charge in [-0.25, -0.2) is 0 Å². The zero-order valence-corrected chi connectivity index (χ0v) is 13.8. The number of allylic oxidation sites excluding steroid dienone is 1. The van der Waals surface area contributed by atoms with Crippen LogP contribution in [0.15, 0.2) is 42.5 Å². The Morgan fingerprint density at radius 3 is 2.09 bits per heavy atom. The zero-order chi connectivity index (χ0) is 16.8. The van der Waals surface area contributed by atoms with Gasteiger partial charge in [-0.1, -0.05) is 12.1 Å². The summed E-state index contributed by atoms with van der Waals surface area (Å²) in [6.45, 7) is 1.96. The monoisotopic (exact) mass is 312 g/mol. The van der Waals surface area contributed by atoms with Crippen LogP contribution < -0.4 is 14.2 Å². The lowest BCUT2D eigenvalue weighted by Crippen LogP contribution is -1.97. The highest BCUT2D eigenvalue weighted by Gasteiger charge is 2.07. The van der Waals surface area contributed by atoms with Gasteiger partial charge >= 0.3 is 0 Å². The summed E-state index contributed by atoms with van der Waals surface area (Å²) in [5.41, 5.74) is 2.47. The third-order valence-electron chi connectivity index (χ3n) is 3.48. The average molecular weight is 312 g/mol. The van der Waals surface area contributed by atoms with Crippen LogP contribution in [0.4, 0.5) is 0 Å². The average Bonchev–Trinajstić information content (AvgIpc) is 2.59. The molecular weight excluding hydrogens is 292 g/mol. The number of hydrogen-bond donors (Lipinski definition) is 0. The molecule has 23 heavy (non-hydrogen) atoms. The number of benzene rings is 2. The first-order valence-electron chi connectivity index (χ1n) is 7.17. The van der Waals surface area contributed by atoms with Crippen LogP contribution in [0.5, 0.6) is 17.2 Å². The molecule has 0 aliphatic rings. The Morgan fingerprint density at radius 1 is 0.913 bits per heavy atom. The fourth-order valence-corrected chi connectivity index (χ4v) is 2.22. The molecule has 2 aromatic rings. The molecule has 0 bridgehead atoms. The number of aryl methyl sites for hydroxylation is 1. The lowest BCUT2D eigenvalue weighted by Gasteiger charge is -2.06. The van der Waals surface area contributed by atoms with Crippen LogP contribution in [0.3, 0.4) is 0 Å². The van der Waals surface area contributed by atoms with E-state index in [0.717, 1.165) is 16.9 Å². The molecule has 0 saturated carbocycles. The van der Waals surface area contributed by atoms with Gasteiger partial charge in [-0.05, 0) is 48.4 Å². The van der Waals surface area contributed by atoms with E-state index in [2.05, 4.69) is 0 Å². The van der Waals surface area contributed by atoms with Crippen LogP contribution in [0.25, 0.3) is 6.08 Å². The SMILES string of the molecule is COc1cc(OC)cc(C(=O)C=Cc2ccc(OC)c(C)c2)c1. The minimum absolute atomic E-state index is 0.115. The van der Waals surface area contributed by atoms with Crippen molar-refractivity contribution in [1.82, 2.24) is 0 Å². The second kappa shape index (κ2) is 7.49. The van der Waals surface area contributed by atoms with Gasteiger partial charge in [0.15, 0.2) is 5.78 Å². The summed E-state index contributed by atoms with van der Waals surface area (Å²) >= 11 is 0. The van der Waals surface area contributed by atoms with E-state index in [9.17, 15) is 4.79 Å². The van der Waals surface area contributed by atoms with Gasteiger partial charge in [0.25, 0.3) is 0 Å². The largest absolute Gasteiger partial charge is 0.497 e. The second-order valence-electron chi connectivity index (χ2n) is 5.03. The van der Waals surface area contributed by atoms with Crippen LogP contribution in [0.2, 0.25) is 0 Å². The van der Waals surface area contributed by atoms with Crippen LogP contribution >= 0.6 is 0 Å². The smallest absolute Gasteiger partial charge is 0.186 e. The Labute approximate surface area is 136 Å². The summed E-state index contributed by atoms with van der Waals surface area (Å²) in [7, 11) is 4.75. The molecule has 0 aromatic heterocycles. The molecule has 0 spiro atoms. The molecule has 0 aliphatic carbocycles. The molecule has 4 nitrogen and oxygen atoms in total. The standard InChI is InChI=1S/C19H20O4/c1-13-9-14(6-8-19(13)23-4)5-7-18(20)15-10-16(21-2)12-17(11-15)22-3/h5-12H,1-4H3. The molecule has 0 fully saturated rings. The normalized spacial score (nSPS) is 10.6. The molecule has 0 heterocycles. The molecule has 0 radical (unpaired) electrons. The van der Waals surface area contributed by atoms with Crippen LogP contribution in [0, 0.1) is 6.92 Å². The van der Waals surface area contributed by atoms with Crippen LogP contribution in [-0.4, -0.2) is 27.1 Å². The van der Waals surface area contributed by atoms with E-state index in [-0.39, 0.29) is 5.78 Å². The van der Waals surface area contributed by atoms with Gasteiger partial charge in [0.2, 0.25) is 0 Å². The maximum atomic E-state index is 12.3. The molecular formula is C19H20O4. The van der Waals surface area contributed by atoms with Crippen molar-refractivity contribution in [1.29, 1.82) is 0 Å². The fraction of sp³-hybridized carbons (Fsp3) is 0.211. The number of rotatable bonds is 6. The first kappa shape index (κ1) is 16.6. The van der Waals surface area contributed by atoms with Gasteiger partial charge in [0, 0.05) is 11.6 Å². The van der Waals surface area contributed by atoms with Gasteiger partial charge < -0.3 is 14.2 Å². The van der Waals surface area contributed by atoms with Crippen molar-refractivity contribution < 1.29 is 19.0 Å². The number of ether oxygens (including phenoxy) is 3. The highest BCUT2D eigenvalue weighted by molar-refractivity contribution is 6.07. The molecule has 0 saturated heterocycles. The Bertz CT molecular complexity index is 710. The Morgan fingerprint density at radius 2 is 1.57 bits per heavy atom. The summed E-state index contributed by atoms with van der Waals surface area (Å²) < 4.78 is 15.6. The number of carbonyl (C=O) groups excluding carboxylic acids is 1. The van der Waals surface area contributed by atoms with Gasteiger partial charge in [-0.15, -0.1) is 0 Å². The first-order valence-corrected chi connectivity index (χ1v) is 7.17. The van der Waals surface area contributed by atoms with Gasteiger partial charge in [-0.3, -0.25) is 4.79 Å². The van der Waals surface area contributed by atoms with E-state index in [0.29, 0.717) is 17.1 Å². The number of methoxy groups -OCH3 is 3. The molecule has 0 aliphatic heterocycles. The Hall–Kier alpha value is -2.75. The highest BCUT2D eigenvalue weighted by Crippen LogP contribution is 2.23. The van der Waals surface area contributed by atoms with Crippen molar-refractivity contribution in [3.05, 3.63) is 59.2 Å². The van der Waals surface area contributed by atoms with Crippen molar-refractivity contribution >= 4 is 11.9 Å². The maximum Gasteiger partial charge on any atom is 0.186 e. The van der Waals surface area contributed by atoms with E-state index in [1.54, 1.807) is 45.6 Å². The summed E-state index contributed by atoms with van der Waals surface area (Å²) in [5.74, 6) is 1.88. The lowest BCUT2D eigenvalue weighted by atomic mass is 10.1. The number of hydrogen-bond acceptors (Lipinski definition) is 4. The maximum absolute atomic E-state index is 12.3. The molecule has 0 atom stereocenters. The van der Waals surface area contributed by atoms with E-state index >= 15 is 0 Å². The second-order valence-corrected chi connectivity index (χ2v) is 5.03. The molecule has 4 heteroatoms. The first-order chi connectivity index (χ1) is 11.1. The van der Waals surface area contributed by atoms with Gasteiger partial charge in [0.1, 0.15) is 17.2 Å². The van der Waals surface area contributed by atoms with E-state index < -0.39 is 0 Å². The zero-order valence-electron chi connectivity index (χ0n) is 13.8. The van der Waals surface area contributed by atoms with E-state index in [1.165, 1.54) is 6.08 Å². The van der Waals surface area contributed by atoms with Gasteiger partial charge in [0.05, 0.1) is 21.3 Å². The van der Waals surface area contributed by atoms with Crippen molar-refractivity contribution in [3.8, 4) is 17.2 Å². The van der Waals surface area contributed by atoms with Crippen molar-refractivity contribution in [2.75, 3.05) is 21.3 Å². The Balaban J connectivity index is 2.22. The Kier molecular flexibility index (Phi) is 5.41. The molecule has 0 amide bonds. The minimum Gasteiger partial charge on any atom is -0.497 e. The lowest BCUT2D eigenvalue weighted by molar-refractivity contribution is 0.104. The van der Waals surface area contributed by atoms with Crippen LogP contribution in [-0.2, 0) is 0 Å². The highest BCUT2D eigenvalue weighted by atomic mass is 16.5. The summed E-state index contributed by atoms with van der Waals surface area (Å²) in [6, 6.07) is 10.9. The van der Waals surface area contributed by atoms with Crippen molar-refractivity contribution in [2.45, 2.75) is 6.92 Å². The van der Waals surface area contributed by atoms with Gasteiger partial charge in [-0.2, -0.15) is 0 Å². The fourth-order valence-electron chi connectivity index (χ4n) is 2.22. The topological polar surface area (TPSA) is 44.8 Å². The van der Waals surface area contributed by atoms with E-state index in [1.807, 2.05) is 25.1 Å². The van der Waals surface area contributed by atoms with E-state index in [4.69, 9.17) is 14.2 Å². The molecule has 0 N–H and O–H groups in total. The summed E-state index contributed by atoms with van der Waals surface area (Å²) in [5, 5.41) is 0. The summed E-state index contributed by atoms with van der Waals surface area (Å²) in [6.07, 6.45) is 3.32. The predicted octanol–water partition coefficient (Wildman–Crippen LogP) is 3.92. The summed E-state index contributed by atoms with van der Waals surface area (Å²) in [4.78, 5) is 12.3. The minimum atomic E-state index is -0.115. The molecule has 0 unspecified atom stereocenters. The number of carbonyl (C=O) groups is 1. The molecule has 120 valence electrons. The molecule has 2 aromatic carbocycles. The number of ketones is 1.